The zero-order valence-electron chi connectivity index (χ0n) is 12.6. The molecule has 0 heterocycles. The van der Waals surface area contributed by atoms with Gasteiger partial charge in [0, 0.05) is 25.6 Å². The summed E-state index contributed by atoms with van der Waals surface area (Å²) in [7, 11) is 0. The van der Waals surface area contributed by atoms with Gasteiger partial charge in [-0.15, -0.1) is 0 Å². The third-order valence-corrected chi connectivity index (χ3v) is 3.33. The summed E-state index contributed by atoms with van der Waals surface area (Å²) in [6.45, 7) is 6.25. The van der Waals surface area contributed by atoms with Crippen LogP contribution in [0.25, 0.3) is 0 Å². The fraction of sp³-hybridized carbons (Fsp3) is 0.500. The van der Waals surface area contributed by atoms with E-state index in [9.17, 15) is 9.59 Å². The van der Waals surface area contributed by atoms with E-state index in [1.807, 2.05) is 32.0 Å². The first-order chi connectivity index (χ1) is 9.50. The molecule has 0 saturated carbocycles. The second kappa shape index (κ2) is 8.35. The minimum atomic E-state index is -0.00216. The van der Waals surface area contributed by atoms with Gasteiger partial charge in [0.25, 0.3) is 0 Å². The molecular formula is C16H24N2O2. The van der Waals surface area contributed by atoms with Gasteiger partial charge >= 0.3 is 0 Å². The predicted octanol–water partition coefficient (Wildman–Crippen LogP) is 2.94. The summed E-state index contributed by atoms with van der Waals surface area (Å²) < 4.78 is 0. The number of nitrogens with one attached hydrogen (secondary N) is 2. The lowest BCUT2D eigenvalue weighted by Gasteiger charge is -2.10. The molecule has 0 fully saturated rings. The van der Waals surface area contributed by atoms with Crippen LogP contribution in [-0.4, -0.2) is 18.4 Å². The van der Waals surface area contributed by atoms with E-state index < -0.39 is 0 Å². The Kier molecular flexibility index (Phi) is 6.77. The zero-order chi connectivity index (χ0) is 15.0. The smallest absolute Gasteiger partial charge is 0.224 e. The fourth-order valence-corrected chi connectivity index (χ4v) is 1.95. The fourth-order valence-electron chi connectivity index (χ4n) is 1.95. The van der Waals surface area contributed by atoms with Crippen molar-refractivity contribution in [3.05, 3.63) is 29.3 Å². The number of carbonyl (C=O) groups is 2. The van der Waals surface area contributed by atoms with Crippen molar-refractivity contribution in [2.24, 2.45) is 0 Å². The van der Waals surface area contributed by atoms with Crippen LogP contribution < -0.4 is 10.6 Å². The van der Waals surface area contributed by atoms with Gasteiger partial charge in [0.15, 0.2) is 0 Å². The van der Waals surface area contributed by atoms with Gasteiger partial charge in [0.2, 0.25) is 11.8 Å². The molecule has 1 aromatic carbocycles. The summed E-state index contributed by atoms with van der Waals surface area (Å²) in [6.07, 6.45) is 3.22. The minimum absolute atomic E-state index is 0.00216. The highest BCUT2D eigenvalue weighted by Crippen LogP contribution is 2.18. The first-order valence-electron chi connectivity index (χ1n) is 7.11. The van der Waals surface area contributed by atoms with Crippen LogP contribution in [0.2, 0.25) is 0 Å². The number of benzene rings is 1. The standard InChI is InChI=1S/C16H24N2O2/c1-12-8-7-9-15(13(12)2)18-16(20)10-5-4-6-11-17-14(3)19/h7-9H,4-6,10-11H2,1-3H3,(H,17,19)(H,18,20). The van der Waals surface area contributed by atoms with Gasteiger partial charge in [-0.25, -0.2) is 0 Å². The van der Waals surface area contributed by atoms with Crippen molar-refractivity contribution in [2.75, 3.05) is 11.9 Å². The van der Waals surface area contributed by atoms with Crippen LogP contribution in [0.3, 0.4) is 0 Å². The van der Waals surface area contributed by atoms with E-state index in [1.54, 1.807) is 0 Å². The Morgan fingerprint density at radius 3 is 2.55 bits per heavy atom. The zero-order valence-corrected chi connectivity index (χ0v) is 12.6. The molecule has 0 spiro atoms. The van der Waals surface area contributed by atoms with Gasteiger partial charge in [-0.05, 0) is 43.9 Å². The van der Waals surface area contributed by atoms with Gasteiger partial charge in [-0.1, -0.05) is 18.6 Å². The molecule has 2 N–H and O–H groups in total. The van der Waals surface area contributed by atoms with Gasteiger partial charge in [0.1, 0.15) is 0 Å². The molecule has 0 radical (unpaired) electrons. The predicted molar refractivity (Wildman–Crippen MR) is 81.7 cm³/mol. The molecule has 0 aromatic heterocycles. The molecule has 1 rings (SSSR count). The summed E-state index contributed by atoms with van der Waals surface area (Å²) in [4.78, 5) is 22.5. The monoisotopic (exact) mass is 276 g/mol. The molecular weight excluding hydrogens is 252 g/mol. The number of hydrogen-bond donors (Lipinski definition) is 2. The molecule has 1 aromatic rings. The van der Waals surface area contributed by atoms with Gasteiger partial charge in [0.05, 0.1) is 0 Å². The Bertz CT molecular complexity index is 470. The lowest BCUT2D eigenvalue weighted by Crippen LogP contribution is -2.20. The Morgan fingerprint density at radius 2 is 1.85 bits per heavy atom. The topological polar surface area (TPSA) is 58.2 Å². The molecule has 0 bridgehead atoms. The number of rotatable bonds is 7. The molecule has 0 aliphatic heterocycles. The van der Waals surface area contributed by atoms with Crippen molar-refractivity contribution in [2.45, 2.75) is 46.5 Å². The SMILES string of the molecule is CC(=O)NCCCCCC(=O)Nc1cccc(C)c1C. The van der Waals surface area contributed by atoms with E-state index in [4.69, 9.17) is 0 Å². The summed E-state index contributed by atoms with van der Waals surface area (Å²) in [5, 5.41) is 5.70. The average molecular weight is 276 g/mol. The third kappa shape index (κ3) is 5.87. The van der Waals surface area contributed by atoms with E-state index in [2.05, 4.69) is 10.6 Å². The Labute approximate surface area is 121 Å². The highest BCUT2D eigenvalue weighted by Gasteiger charge is 2.05. The van der Waals surface area contributed by atoms with Crippen molar-refractivity contribution in [1.82, 2.24) is 5.32 Å². The van der Waals surface area contributed by atoms with Crippen molar-refractivity contribution < 1.29 is 9.59 Å². The van der Waals surface area contributed by atoms with Crippen LogP contribution in [0.5, 0.6) is 0 Å². The highest BCUT2D eigenvalue weighted by atomic mass is 16.2. The van der Waals surface area contributed by atoms with E-state index in [1.165, 1.54) is 12.5 Å². The third-order valence-electron chi connectivity index (χ3n) is 3.33. The van der Waals surface area contributed by atoms with E-state index in [0.29, 0.717) is 13.0 Å². The lowest BCUT2D eigenvalue weighted by atomic mass is 10.1. The quantitative estimate of drug-likeness (QED) is 0.752. The molecule has 4 nitrogen and oxygen atoms in total. The second-order valence-electron chi connectivity index (χ2n) is 5.09. The maximum absolute atomic E-state index is 11.8. The average Bonchev–Trinajstić information content (AvgIpc) is 2.39. The molecule has 2 amide bonds. The first-order valence-corrected chi connectivity index (χ1v) is 7.11. The summed E-state index contributed by atoms with van der Waals surface area (Å²) in [5.74, 6) is 0.0518. The maximum Gasteiger partial charge on any atom is 0.224 e. The number of hydrogen-bond acceptors (Lipinski definition) is 2. The van der Waals surface area contributed by atoms with Crippen LogP contribution in [0, 0.1) is 13.8 Å². The Morgan fingerprint density at radius 1 is 1.10 bits per heavy atom. The molecule has 0 aliphatic carbocycles. The molecule has 0 saturated heterocycles. The molecule has 0 atom stereocenters. The van der Waals surface area contributed by atoms with Crippen LogP contribution in [0.15, 0.2) is 18.2 Å². The Hall–Kier alpha value is -1.84. The van der Waals surface area contributed by atoms with Crippen molar-refractivity contribution in [1.29, 1.82) is 0 Å². The molecule has 4 heteroatoms. The summed E-state index contributed by atoms with van der Waals surface area (Å²) in [6, 6.07) is 5.91. The van der Waals surface area contributed by atoms with Crippen LogP contribution in [0.4, 0.5) is 5.69 Å². The van der Waals surface area contributed by atoms with E-state index in [0.717, 1.165) is 30.5 Å². The van der Waals surface area contributed by atoms with Gasteiger partial charge in [-0.2, -0.15) is 0 Å². The Balaban J connectivity index is 2.24. The van der Waals surface area contributed by atoms with Gasteiger partial charge in [-0.3, -0.25) is 9.59 Å². The highest BCUT2D eigenvalue weighted by molar-refractivity contribution is 5.91. The normalized spacial score (nSPS) is 10.2. The van der Waals surface area contributed by atoms with Crippen molar-refractivity contribution >= 4 is 17.5 Å². The number of anilines is 1. The van der Waals surface area contributed by atoms with Crippen LogP contribution in [-0.2, 0) is 9.59 Å². The largest absolute Gasteiger partial charge is 0.356 e. The summed E-state index contributed by atoms with van der Waals surface area (Å²) >= 11 is 0. The second-order valence-corrected chi connectivity index (χ2v) is 5.09. The van der Waals surface area contributed by atoms with E-state index in [-0.39, 0.29) is 11.8 Å². The lowest BCUT2D eigenvalue weighted by molar-refractivity contribution is -0.119. The maximum atomic E-state index is 11.8. The number of carbonyl (C=O) groups excluding carboxylic acids is 2. The van der Waals surface area contributed by atoms with Gasteiger partial charge < -0.3 is 10.6 Å². The molecule has 0 unspecified atom stereocenters. The van der Waals surface area contributed by atoms with Crippen LogP contribution >= 0.6 is 0 Å². The molecule has 110 valence electrons. The number of amides is 2. The molecule has 20 heavy (non-hydrogen) atoms. The minimum Gasteiger partial charge on any atom is -0.356 e. The first kappa shape index (κ1) is 16.2. The number of unbranched alkanes of at least 4 members (excludes halogenated alkanes) is 2. The summed E-state index contributed by atoms with van der Waals surface area (Å²) in [5.41, 5.74) is 3.19. The molecule has 0 aliphatic rings. The number of aryl methyl sites for hydroxylation is 1. The van der Waals surface area contributed by atoms with Crippen LogP contribution in [0.1, 0.15) is 43.7 Å². The van der Waals surface area contributed by atoms with Crippen molar-refractivity contribution in [3.8, 4) is 0 Å². The van der Waals surface area contributed by atoms with E-state index >= 15 is 0 Å². The van der Waals surface area contributed by atoms with Crippen molar-refractivity contribution in [3.63, 3.8) is 0 Å².